The number of benzene rings is 1. The summed E-state index contributed by atoms with van der Waals surface area (Å²) in [5, 5.41) is 7.92. The van der Waals surface area contributed by atoms with Gasteiger partial charge in [0.2, 0.25) is 0 Å². The van der Waals surface area contributed by atoms with Crippen LogP contribution in [0.5, 0.6) is 0 Å². The molecule has 1 atom stereocenters. The molecule has 1 unspecified atom stereocenters. The van der Waals surface area contributed by atoms with Gasteiger partial charge < -0.3 is 15.4 Å². The monoisotopic (exact) mass is 479 g/mol. The summed E-state index contributed by atoms with van der Waals surface area (Å²) >= 11 is 14.0. The van der Waals surface area contributed by atoms with Crippen molar-refractivity contribution in [2.75, 3.05) is 31.2 Å². The maximum atomic E-state index is 12.7. The van der Waals surface area contributed by atoms with E-state index in [-0.39, 0.29) is 17.1 Å². The van der Waals surface area contributed by atoms with Gasteiger partial charge in [0, 0.05) is 29.4 Å². The lowest BCUT2D eigenvalue weighted by Gasteiger charge is -2.41. The van der Waals surface area contributed by atoms with E-state index < -0.39 is 0 Å². The number of rotatable bonds is 3. The van der Waals surface area contributed by atoms with Gasteiger partial charge >= 0.3 is 5.69 Å². The standard InChI is InChI=1S/C21H23Cl2N5O2S/c1-12-9-16(27-7-5-21(6-8-27)11-30-10-15(21)24)28-19(25-26-20(28)29)18(12)31-14-4-2-3-13(22)17(14)23/h2-4,9,15H,5-8,10-11,24H2,1H3,(H,26,29). The van der Waals surface area contributed by atoms with Crippen molar-refractivity contribution in [1.29, 1.82) is 0 Å². The van der Waals surface area contributed by atoms with Crippen LogP contribution < -0.4 is 16.3 Å². The van der Waals surface area contributed by atoms with Crippen LogP contribution in [0.25, 0.3) is 5.65 Å². The van der Waals surface area contributed by atoms with Crippen LogP contribution in [0.3, 0.4) is 0 Å². The fourth-order valence-corrected chi connectivity index (χ4v) is 6.05. The topological polar surface area (TPSA) is 88.7 Å². The van der Waals surface area contributed by atoms with Gasteiger partial charge in [-0.05, 0) is 43.5 Å². The second-order valence-corrected chi connectivity index (χ2v) is 10.2. The van der Waals surface area contributed by atoms with Gasteiger partial charge in [0.05, 0.1) is 28.2 Å². The number of aromatic amines is 1. The third-order valence-electron chi connectivity index (χ3n) is 6.49. The molecule has 0 radical (unpaired) electrons. The van der Waals surface area contributed by atoms with Crippen LogP contribution >= 0.6 is 35.0 Å². The third-order valence-corrected chi connectivity index (χ3v) is 8.69. The second-order valence-electron chi connectivity index (χ2n) is 8.33. The molecule has 0 amide bonds. The van der Waals surface area contributed by atoms with Gasteiger partial charge in [-0.3, -0.25) is 0 Å². The summed E-state index contributed by atoms with van der Waals surface area (Å²) in [5.74, 6) is 0.843. The quantitative estimate of drug-likeness (QED) is 0.594. The lowest BCUT2D eigenvalue weighted by atomic mass is 9.75. The zero-order valence-electron chi connectivity index (χ0n) is 17.0. The normalized spacial score (nSPS) is 20.8. The Bertz CT molecular complexity index is 1200. The summed E-state index contributed by atoms with van der Waals surface area (Å²) in [6.45, 7) is 5.00. The molecule has 2 aromatic heterocycles. The van der Waals surface area contributed by atoms with E-state index >= 15 is 0 Å². The van der Waals surface area contributed by atoms with Crippen molar-refractivity contribution in [2.24, 2.45) is 11.1 Å². The lowest BCUT2D eigenvalue weighted by Crippen LogP contribution is -2.49. The van der Waals surface area contributed by atoms with E-state index in [9.17, 15) is 4.79 Å². The minimum atomic E-state index is -0.259. The predicted octanol–water partition coefficient (Wildman–Crippen LogP) is 3.73. The highest BCUT2D eigenvalue weighted by molar-refractivity contribution is 7.99. The number of hydrogen-bond donors (Lipinski definition) is 2. The molecule has 5 rings (SSSR count). The number of fused-ring (bicyclic) bond motifs is 1. The summed E-state index contributed by atoms with van der Waals surface area (Å²) in [5.41, 5.74) is 7.72. The Morgan fingerprint density at radius 2 is 2.10 bits per heavy atom. The van der Waals surface area contributed by atoms with E-state index in [0.29, 0.717) is 22.3 Å². The first kappa shape index (κ1) is 21.2. The lowest BCUT2D eigenvalue weighted by molar-refractivity contribution is 0.131. The van der Waals surface area contributed by atoms with Crippen molar-refractivity contribution < 1.29 is 4.74 Å². The molecule has 10 heteroatoms. The first-order valence-corrected chi connectivity index (χ1v) is 11.8. The molecular formula is C21H23Cl2N5O2S. The highest BCUT2D eigenvalue weighted by Crippen LogP contribution is 2.42. The molecular weight excluding hydrogens is 457 g/mol. The maximum Gasteiger partial charge on any atom is 0.349 e. The number of ether oxygens (including phenoxy) is 1. The Morgan fingerprint density at radius 1 is 1.32 bits per heavy atom. The number of aromatic nitrogens is 3. The SMILES string of the molecule is Cc1cc(N2CCC3(CC2)COCC3N)n2c(=O)[nH]nc2c1Sc1cccc(Cl)c1Cl. The van der Waals surface area contributed by atoms with Crippen molar-refractivity contribution in [2.45, 2.75) is 35.6 Å². The molecule has 2 aliphatic heterocycles. The molecule has 0 saturated carbocycles. The molecule has 2 saturated heterocycles. The summed E-state index contributed by atoms with van der Waals surface area (Å²) in [7, 11) is 0. The van der Waals surface area contributed by atoms with Crippen LogP contribution in [0.15, 0.2) is 38.9 Å². The number of nitrogens with zero attached hydrogens (tertiary/aromatic N) is 3. The Kier molecular flexibility index (Phi) is 5.46. The highest BCUT2D eigenvalue weighted by Gasteiger charge is 2.44. The molecule has 3 N–H and O–H groups in total. The third kappa shape index (κ3) is 3.54. The molecule has 2 fully saturated rings. The Morgan fingerprint density at radius 3 is 2.81 bits per heavy atom. The number of nitrogens with two attached hydrogens (primary N) is 1. The number of piperidine rings is 1. The zero-order chi connectivity index (χ0) is 21.8. The zero-order valence-corrected chi connectivity index (χ0v) is 19.4. The second kappa shape index (κ2) is 8.01. The molecule has 7 nitrogen and oxygen atoms in total. The van der Waals surface area contributed by atoms with E-state index in [1.165, 1.54) is 11.8 Å². The van der Waals surface area contributed by atoms with Gasteiger partial charge in [-0.1, -0.05) is 41.0 Å². The van der Waals surface area contributed by atoms with Crippen molar-refractivity contribution in [3.05, 3.63) is 50.4 Å². The summed E-state index contributed by atoms with van der Waals surface area (Å²) in [6.07, 6.45) is 1.88. The molecule has 0 aliphatic carbocycles. The number of nitrogens with one attached hydrogen (secondary N) is 1. The van der Waals surface area contributed by atoms with Crippen LogP contribution in [0, 0.1) is 12.3 Å². The minimum absolute atomic E-state index is 0.0468. The summed E-state index contributed by atoms with van der Waals surface area (Å²) in [4.78, 5) is 16.6. The van der Waals surface area contributed by atoms with Gasteiger partial charge in [0.1, 0.15) is 5.82 Å². The molecule has 4 heterocycles. The van der Waals surface area contributed by atoms with Gasteiger partial charge in [0.25, 0.3) is 0 Å². The fourth-order valence-electron chi connectivity index (χ4n) is 4.56. The molecule has 1 spiro atoms. The number of hydrogen-bond acceptors (Lipinski definition) is 6. The Hall–Kier alpha value is -1.71. The van der Waals surface area contributed by atoms with E-state index in [4.69, 9.17) is 33.7 Å². The van der Waals surface area contributed by atoms with Crippen molar-refractivity contribution in [1.82, 2.24) is 14.6 Å². The highest BCUT2D eigenvalue weighted by atomic mass is 35.5. The van der Waals surface area contributed by atoms with E-state index in [1.54, 1.807) is 10.5 Å². The Labute approximate surface area is 193 Å². The molecule has 1 aromatic carbocycles. The number of aryl methyl sites for hydroxylation is 1. The fraction of sp³-hybridized carbons (Fsp3) is 0.429. The van der Waals surface area contributed by atoms with Crippen LogP contribution in [-0.2, 0) is 4.74 Å². The van der Waals surface area contributed by atoms with Gasteiger partial charge in [-0.25, -0.2) is 14.3 Å². The molecule has 0 bridgehead atoms. The van der Waals surface area contributed by atoms with Crippen LogP contribution in [0.2, 0.25) is 10.0 Å². The number of pyridine rings is 1. The predicted molar refractivity (Wildman–Crippen MR) is 124 cm³/mol. The smallest absolute Gasteiger partial charge is 0.349 e. The molecule has 31 heavy (non-hydrogen) atoms. The molecule has 3 aromatic rings. The molecule has 164 valence electrons. The van der Waals surface area contributed by atoms with Gasteiger partial charge in [0.15, 0.2) is 5.65 Å². The van der Waals surface area contributed by atoms with Crippen LogP contribution in [-0.4, -0.2) is 46.9 Å². The number of H-pyrrole nitrogens is 1. The number of anilines is 1. The van der Waals surface area contributed by atoms with Gasteiger partial charge in [-0.2, -0.15) is 5.10 Å². The van der Waals surface area contributed by atoms with Crippen molar-refractivity contribution in [3.8, 4) is 0 Å². The average molecular weight is 480 g/mol. The van der Waals surface area contributed by atoms with Crippen molar-refractivity contribution in [3.63, 3.8) is 0 Å². The van der Waals surface area contributed by atoms with E-state index in [0.717, 1.165) is 53.7 Å². The van der Waals surface area contributed by atoms with E-state index in [2.05, 4.69) is 15.1 Å². The first-order chi connectivity index (χ1) is 14.9. The summed E-state index contributed by atoms with van der Waals surface area (Å²) in [6, 6.07) is 7.64. The molecule has 2 aliphatic rings. The summed E-state index contributed by atoms with van der Waals surface area (Å²) < 4.78 is 7.29. The largest absolute Gasteiger partial charge is 0.379 e. The Balaban J connectivity index is 1.52. The number of halogens is 2. The van der Waals surface area contributed by atoms with Gasteiger partial charge in [-0.15, -0.1) is 0 Å². The van der Waals surface area contributed by atoms with E-state index in [1.807, 2.05) is 25.1 Å². The first-order valence-electron chi connectivity index (χ1n) is 10.2. The van der Waals surface area contributed by atoms with Crippen molar-refractivity contribution >= 4 is 46.4 Å². The minimum Gasteiger partial charge on any atom is -0.379 e. The van der Waals surface area contributed by atoms with Crippen LogP contribution in [0.4, 0.5) is 5.82 Å². The van der Waals surface area contributed by atoms with Crippen LogP contribution in [0.1, 0.15) is 18.4 Å². The average Bonchev–Trinajstić information content (AvgIpc) is 3.31. The maximum absolute atomic E-state index is 12.7.